The van der Waals surface area contributed by atoms with Gasteiger partial charge in [0, 0.05) is 11.5 Å². The van der Waals surface area contributed by atoms with Crippen molar-refractivity contribution in [2.24, 2.45) is 5.92 Å². The molecule has 1 unspecified atom stereocenters. The van der Waals surface area contributed by atoms with Gasteiger partial charge in [0.1, 0.15) is 0 Å². The fourth-order valence-corrected chi connectivity index (χ4v) is 3.33. The summed E-state index contributed by atoms with van der Waals surface area (Å²) in [6.45, 7) is 2.17. The van der Waals surface area contributed by atoms with Crippen LogP contribution < -0.4 is 0 Å². The van der Waals surface area contributed by atoms with Crippen LogP contribution in [0.2, 0.25) is 0 Å². The lowest BCUT2D eigenvalue weighted by atomic mass is 9.80. The molecule has 1 aliphatic rings. The molecule has 1 heteroatoms. The lowest BCUT2D eigenvalue weighted by Gasteiger charge is -2.23. The van der Waals surface area contributed by atoms with Crippen LogP contribution in [0.5, 0.6) is 0 Å². The highest BCUT2D eigenvalue weighted by Crippen LogP contribution is 2.28. The molecule has 0 amide bonds. The monoisotopic (exact) mass is 278 g/mol. The molecule has 0 aliphatic heterocycles. The molecular weight excluding hydrogens is 256 g/mol. The lowest BCUT2D eigenvalue weighted by molar-refractivity contribution is 0.0908. The first-order chi connectivity index (χ1) is 10.3. The molecule has 0 aromatic heterocycles. The van der Waals surface area contributed by atoms with Gasteiger partial charge in [0.05, 0.1) is 0 Å². The third-order valence-electron chi connectivity index (χ3n) is 4.47. The predicted molar refractivity (Wildman–Crippen MR) is 86.7 cm³/mol. The highest BCUT2D eigenvalue weighted by Gasteiger charge is 2.25. The van der Waals surface area contributed by atoms with Crippen LogP contribution in [0.4, 0.5) is 0 Å². The average Bonchev–Trinajstić information content (AvgIpc) is 2.54. The van der Waals surface area contributed by atoms with Crippen LogP contribution in [-0.4, -0.2) is 5.78 Å². The number of carbonyl (C=O) groups excluding carboxylic acids is 1. The van der Waals surface area contributed by atoms with Gasteiger partial charge in [-0.2, -0.15) is 0 Å². The van der Waals surface area contributed by atoms with Gasteiger partial charge in [-0.05, 0) is 48.4 Å². The summed E-state index contributed by atoms with van der Waals surface area (Å²) in [5, 5.41) is 0. The SMILES string of the molecule is CCCc1cccc(C(=O)C2CCc3ccccc3C2)c1. The Labute approximate surface area is 127 Å². The van der Waals surface area contributed by atoms with Gasteiger partial charge in [0.15, 0.2) is 5.78 Å². The van der Waals surface area contributed by atoms with E-state index in [1.54, 1.807) is 0 Å². The standard InChI is InChI=1S/C20H22O/c1-2-6-15-7-5-10-18(13-15)20(21)19-12-11-16-8-3-4-9-17(16)14-19/h3-5,7-10,13,19H,2,6,11-12,14H2,1H3. The van der Waals surface area contributed by atoms with E-state index < -0.39 is 0 Å². The molecule has 0 N–H and O–H groups in total. The summed E-state index contributed by atoms with van der Waals surface area (Å²) < 4.78 is 0. The Bertz CT molecular complexity index is 642. The Balaban J connectivity index is 1.79. The second kappa shape index (κ2) is 6.26. The minimum atomic E-state index is 0.150. The molecule has 0 saturated carbocycles. The molecular formula is C20H22O. The van der Waals surface area contributed by atoms with Crippen molar-refractivity contribution in [3.8, 4) is 0 Å². The summed E-state index contributed by atoms with van der Waals surface area (Å²) in [5.41, 5.74) is 4.94. The maximum Gasteiger partial charge on any atom is 0.166 e. The van der Waals surface area contributed by atoms with Crippen molar-refractivity contribution in [1.29, 1.82) is 0 Å². The smallest absolute Gasteiger partial charge is 0.166 e. The molecule has 2 aromatic carbocycles. The quantitative estimate of drug-likeness (QED) is 0.745. The highest BCUT2D eigenvalue weighted by molar-refractivity contribution is 5.98. The minimum Gasteiger partial charge on any atom is -0.294 e. The summed E-state index contributed by atoms with van der Waals surface area (Å²) >= 11 is 0. The fourth-order valence-electron chi connectivity index (χ4n) is 3.33. The second-order valence-electron chi connectivity index (χ2n) is 6.02. The first-order valence-corrected chi connectivity index (χ1v) is 7.98. The molecule has 108 valence electrons. The number of Topliss-reactive ketones (excluding diaryl/α,β-unsaturated/α-hetero) is 1. The zero-order valence-electron chi connectivity index (χ0n) is 12.6. The number of ketones is 1. The van der Waals surface area contributed by atoms with Gasteiger partial charge in [-0.15, -0.1) is 0 Å². The topological polar surface area (TPSA) is 17.1 Å². The van der Waals surface area contributed by atoms with Gasteiger partial charge >= 0.3 is 0 Å². The van der Waals surface area contributed by atoms with Crippen LogP contribution in [0, 0.1) is 5.92 Å². The largest absolute Gasteiger partial charge is 0.294 e. The van der Waals surface area contributed by atoms with Crippen molar-refractivity contribution in [1.82, 2.24) is 0 Å². The summed E-state index contributed by atoms with van der Waals surface area (Å²) in [6, 6.07) is 16.7. The summed E-state index contributed by atoms with van der Waals surface area (Å²) in [6.07, 6.45) is 5.07. The van der Waals surface area contributed by atoms with Crippen LogP contribution in [0.3, 0.4) is 0 Å². The average molecular weight is 278 g/mol. The molecule has 0 radical (unpaired) electrons. The molecule has 21 heavy (non-hydrogen) atoms. The first kappa shape index (κ1) is 14.1. The fraction of sp³-hybridized carbons (Fsp3) is 0.350. The van der Waals surface area contributed by atoms with E-state index in [9.17, 15) is 4.79 Å². The van der Waals surface area contributed by atoms with E-state index in [-0.39, 0.29) is 5.92 Å². The van der Waals surface area contributed by atoms with Gasteiger partial charge in [0.2, 0.25) is 0 Å². The third kappa shape index (κ3) is 3.07. The number of fused-ring (bicyclic) bond motifs is 1. The Morgan fingerprint density at radius 2 is 1.90 bits per heavy atom. The third-order valence-corrected chi connectivity index (χ3v) is 4.47. The van der Waals surface area contributed by atoms with Gasteiger partial charge in [-0.3, -0.25) is 4.79 Å². The lowest BCUT2D eigenvalue weighted by Crippen LogP contribution is -2.22. The summed E-state index contributed by atoms with van der Waals surface area (Å²) in [5.74, 6) is 0.472. The van der Waals surface area contributed by atoms with Gasteiger partial charge in [-0.1, -0.05) is 55.8 Å². The summed E-state index contributed by atoms with van der Waals surface area (Å²) in [7, 11) is 0. The van der Waals surface area contributed by atoms with Crippen LogP contribution in [0.25, 0.3) is 0 Å². The molecule has 2 aromatic rings. The molecule has 1 aliphatic carbocycles. The first-order valence-electron chi connectivity index (χ1n) is 7.98. The van der Waals surface area contributed by atoms with E-state index >= 15 is 0 Å². The Kier molecular flexibility index (Phi) is 4.19. The van der Waals surface area contributed by atoms with E-state index in [1.165, 1.54) is 16.7 Å². The Morgan fingerprint density at radius 3 is 2.71 bits per heavy atom. The van der Waals surface area contributed by atoms with Crippen molar-refractivity contribution in [3.63, 3.8) is 0 Å². The van der Waals surface area contributed by atoms with E-state index in [1.807, 2.05) is 12.1 Å². The molecule has 0 bridgehead atoms. The van der Waals surface area contributed by atoms with E-state index in [4.69, 9.17) is 0 Å². The minimum absolute atomic E-state index is 0.150. The second-order valence-corrected chi connectivity index (χ2v) is 6.02. The van der Waals surface area contributed by atoms with Crippen molar-refractivity contribution in [2.45, 2.75) is 39.0 Å². The van der Waals surface area contributed by atoms with E-state index in [0.717, 1.165) is 37.7 Å². The van der Waals surface area contributed by atoms with Crippen LogP contribution >= 0.6 is 0 Å². The number of benzene rings is 2. The zero-order valence-corrected chi connectivity index (χ0v) is 12.6. The summed E-state index contributed by atoms with van der Waals surface area (Å²) in [4.78, 5) is 12.8. The van der Waals surface area contributed by atoms with Crippen LogP contribution in [0.1, 0.15) is 46.8 Å². The number of hydrogen-bond donors (Lipinski definition) is 0. The van der Waals surface area contributed by atoms with Crippen molar-refractivity contribution >= 4 is 5.78 Å². The van der Waals surface area contributed by atoms with Crippen molar-refractivity contribution in [3.05, 3.63) is 70.8 Å². The van der Waals surface area contributed by atoms with Crippen molar-refractivity contribution < 1.29 is 4.79 Å². The molecule has 1 nitrogen and oxygen atoms in total. The van der Waals surface area contributed by atoms with Crippen LogP contribution in [0.15, 0.2) is 48.5 Å². The van der Waals surface area contributed by atoms with Crippen LogP contribution in [-0.2, 0) is 19.3 Å². The molecule has 0 saturated heterocycles. The van der Waals surface area contributed by atoms with Gasteiger partial charge in [0.25, 0.3) is 0 Å². The number of aryl methyl sites for hydroxylation is 2. The molecule has 3 rings (SSSR count). The number of hydrogen-bond acceptors (Lipinski definition) is 1. The molecule has 0 fully saturated rings. The molecule has 0 heterocycles. The predicted octanol–water partition coefficient (Wildman–Crippen LogP) is 4.63. The highest BCUT2D eigenvalue weighted by atomic mass is 16.1. The number of carbonyl (C=O) groups is 1. The Morgan fingerprint density at radius 1 is 1.10 bits per heavy atom. The number of rotatable bonds is 4. The maximum atomic E-state index is 12.8. The molecule has 1 atom stereocenters. The van der Waals surface area contributed by atoms with E-state index in [0.29, 0.717) is 5.78 Å². The van der Waals surface area contributed by atoms with E-state index in [2.05, 4.69) is 43.3 Å². The maximum absolute atomic E-state index is 12.8. The Hall–Kier alpha value is -1.89. The normalized spacial score (nSPS) is 17.3. The van der Waals surface area contributed by atoms with Gasteiger partial charge < -0.3 is 0 Å². The van der Waals surface area contributed by atoms with Crippen molar-refractivity contribution in [2.75, 3.05) is 0 Å². The zero-order chi connectivity index (χ0) is 14.7. The van der Waals surface area contributed by atoms with Gasteiger partial charge in [-0.25, -0.2) is 0 Å². The molecule has 0 spiro atoms.